The number of hydrogen-bond acceptors (Lipinski definition) is 4. The lowest BCUT2D eigenvalue weighted by molar-refractivity contribution is -0.144. The third kappa shape index (κ3) is 6.97. The summed E-state index contributed by atoms with van der Waals surface area (Å²) in [5, 5.41) is 0. The monoisotopic (exact) mass is 258 g/mol. The SMILES string of the molecule is CCCN(CC(C)(C)CN)C(C)CC(=O)OCC. The third-order valence-electron chi connectivity index (χ3n) is 3.09. The Hall–Kier alpha value is -0.610. The van der Waals surface area contributed by atoms with E-state index in [1.807, 2.05) is 6.92 Å². The Labute approximate surface area is 112 Å². The Bertz CT molecular complexity index is 242. The summed E-state index contributed by atoms with van der Waals surface area (Å²) in [5.74, 6) is -0.114. The van der Waals surface area contributed by atoms with Gasteiger partial charge in [-0.15, -0.1) is 0 Å². The van der Waals surface area contributed by atoms with Crippen LogP contribution in [0, 0.1) is 5.41 Å². The van der Waals surface area contributed by atoms with Crippen LogP contribution in [0.1, 0.15) is 47.5 Å². The Kier molecular flexibility index (Phi) is 8.20. The summed E-state index contributed by atoms with van der Waals surface area (Å²) in [4.78, 5) is 13.9. The minimum atomic E-state index is -0.114. The van der Waals surface area contributed by atoms with Crippen molar-refractivity contribution in [2.75, 3.05) is 26.2 Å². The zero-order valence-corrected chi connectivity index (χ0v) is 12.7. The number of carbonyl (C=O) groups excluding carboxylic acids is 1. The molecule has 1 unspecified atom stereocenters. The van der Waals surface area contributed by atoms with Crippen molar-refractivity contribution in [2.24, 2.45) is 11.1 Å². The third-order valence-corrected chi connectivity index (χ3v) is 3.09. The van der Waals surface area contributed by atoms with Gasteiger partial charge < -0.3 is 10.5 Å². The van der Waals surface area contributed by atoms with Crippen LogP contribution in [-0.2, 0) is 9.53 Å². The fraction of sp³-hybridized carbons (Fsp3) is 0.929. The normalized spacial score (nSPS) is 13.7. The first-order valence-electron chi connectivity index (χ1n) is 6.96. The average molecular weight is 258 g/mol. The number of rotatable bonds is 9. The number of ether oxygens (including phenoxy) is 1. The molecule has 108 valence electrons. The largest absolute Gasteiger partial charge is 0.466 e. The van der Waals surface area contributed by atoms with Crippen LogP contribution in [0.3, 0.4) is 0 Å². The minimum absolute atomic E-state index is 0.0814. The smallest absolute Gasteiger partial charge is 0.307 e. The molecule has 0 spiro atoms. The highest BCUT2D eigenvalue weighted by molar-refractivity contribution is 5.70. The second-order valence-electron chi connectivity index (χ2n) is 5.70. The predicted octanol–water partition coefficient (Wildman–Crippen LogP) is 2.02. The van der Waals surface area contributed by atoms with Crippen molar-refractivity contribution in [1.29, 1.82) is 0 Å². The van der Waals surface area contributed by atoms with Gasteiger partial charge in [-0.05, 0) is 38.8 Å². The van der Waals surface area contributed by atoms with E-state index in [4.69, 9.17) is 10.5 Å². The fourth-order valence-corrected chi connectivity index (χ4v) is 1.95. The molecule has 18 heavy (non-hydrogen) atoms. The maximum absolute atomic E-state index is 11.5. The van der Waals surface area contributed by atoms with Gasteiger partial charge in [0.05, 0.1) is 13.0 Å². The zero-order chi connectivity index (χ0) is 14.2. The first kappa shape index (κ1) is 17.4. The van der Waals surface area contributed by atoms with Crippen molar-refractivity contribution in [3.8, 4) is 0 Å². The van der Waals surface area contributed by atoms with Gasteiger partial charge in [0.1, 0.15) is 0 Å². The molecule has 1 atom stereocenters. The van der Waals surface area contributed by atoms with Gasteiger partial charge in [0, 0.05) is 12.6 Å². The lowest BCUT2D eigenvalue weighted by Crippen LogP contribution is -2.44. The van der Waals surface area contributed by atoms with Crippen molar-refractivity contribution in [2.45, 2.75) is 53.5 Å². The van der Waals surface area contributed by atoms with Crippen molar-refractivity contribution in [1.82, 2.24) is 4.90 Å². The van der Waals surface area contributed by atoms with Crippen molar-refractivity contribution >= 4 is 5.97 Å². The molecule has 0 aromatic carbocycles. The maximum Gasteiger partial charge on any atom is 0.307 e. The molecule has 0 fully saturated rings. The summed E-state index contributed by atoms with van der Waals surface area (Å²) in [7, 11) is 0. The molecule has 2 N–H and O–H groups in total. The van der Waals surface area contributed by atoms with Crippen LogP contribution in [0.15, 0.2) is 0 Å². The van der Waals surface area contributed by atoms with Gasteiger partial charge in [0.2, 0.25) is 0 Å². The molecule has 0 aromatic rings. The molecule has 0 aliphatic carbocycles. The maximum atomic E-state index is 11.5. The summed E-state index contributed by atoms with van der Waals surface area (Å²) in [6.07, 6.45) is 1.53. The Balaban J connectivity index is 4.43. The van der Waals surface area contributed by atoms with Crippen LogP contribution < -0.4 is 5.73 Å². The topological polar surface area (TPSA) is 55.6 Å². The number of nitrogens with zero attached hydrogens (tertiary/aromatic N) is 1. The van der Waals surface area contributed by atoms with Gasteiger partial charge >= 0.3 is 5.97 Å². The molecule has 0 saturated heterocycles. The summed E-state index contributed by atoms with van der Waals surface area (Å²) < 4.78 is 5.01. The second kappa shape index (κ2) is 8.48. The zero-order valence-electron chi connectivity index (χ0n) is 12.7. The highest BCUT2D eigenvalue weighted by atomic mass is 16.5. The molecule has 4 heteroatoms. The van der Waals surface area contributed by atoms with Gasteiger partial charge in [0.25, 0.3) is 0 Å². The molecule has 0 rings (SSSR count). The minimum Gasteiger partial charge on any atom is -0.466 e. The highest BCUT2D eigenvalue weighted by Crippen LogP contribution is 2.18. The standard InChI is InChI=1S/C14H30N2O2/c1-6-8-16(11-14(4,5)10-15)12(3)9-13(17)18-7-2/h12H,6-11,15H2,1-5H3. The molecule has 0 saturated carbocycles. The molecule has 0 bridgehead atoms. The van der Waals surface area contributed by atoms with Gasteiger partial charge in [-0.3, -0.25) is 9.69 Å². The van der Waals surface area contributed by atoms with E-state index >= 15 is 0 Å². The van der Waals surface area contributed by atoms with E-state index in [0.29, 0.717) is 19.6 Å². The van der Waals surface area contributed by atoms with Crippen LogP contribution in [0.4, 0.5) is 0 Å². The lowest BCUT2D eigenvalue weighted by Gasteiger charge is -2.35. The summed E-state index contributed by atoms with van der Waals surface area (Å²) in [6, 6.07) is 0.204. The van der Waals surface area contributed by atoms with Crippen molar-refractivity contribution < 1.29 is 9.53 Å². The predicted molar refractivity (Wildman–Crippen MR) is 75.4 cm³/mol. The molecule has 4 nitrogen and oxygen atoms in total. The molecule has 0 amide bonds. The number of hydrogen-bond donors (Lipinski definition) is 1. The average Bonchev–Trinajstić information content (AvgIpc) is 2.28. The molecule has 0 heterocycles. The van der Waals surface area contributed by atoms with E-state index in [9.17, 15) is 4.79 Å². The van der Waals surface area contributed by atoms with Crippen LogP contribution in [0.25, 0.3) is 0 Å². The Morgan fingerprint density at radius 2 is 2.00 bits per heavy atom. The summed E-state index contributed by atoms with van der Waals surface area (Å²) in [6.45, 7) is 13.4. The second-order valence-corrected chi connectivity index (χ2v) is 5.70. The van der Waals surface area contributed by atoms with Crippen LogP contribution in [-0.4, -0.2) is 43.2 Å². The molecule has 0 aliphatic heterocycles. The number of carbonyl (C=O) groups is 1. The van der Waals surface area contributed by atoms with Crippen molar-refractivity contribution in [3.63, 3.8) is 0 Å². The first-order chi connectivity index (χ1) is 8.36. The van der Waals surface area contributed by atoms with E-state index in [1.54, 1.807) is 0 Å². The Morgan fingerprint density at radius 1 is 1.39 bits per heavy atom. The number of esters is 1. The number of nitrogens with two attached hydrogens (primary N) is 1. The fourth-order valence-electron chi connectivity index (χ4n) is 1.95. The molecular weight excluding hydrogens is 228 g/mol. The lowest BCUT2D eigenvalue weighted by atomic mass is 9.92. The van der Waals surface area contributed by atoms with E-state index in [1.165, 1.54) is 0 Å². The quantitative estimate of drug-likeness (QED) is 0.643. The van der Waals surface area contributed by atoms with E-state index in [-0.39, 0.29) is 17.4 Å². The molecule has 0 aromatic heterocycles. The van der Waals surface area contributed by atoms with Gasteiger partial charge in [-0.1, -0.05) is 20.8 Å². The van der Waals surface area contributed by atoms with Gasteiger partial charge in [-0.2, -0.15) is 0 Å². The van der Waals surface area contributed by atoms with Gasteiger partial charge in [-0.25, -0.2) is 0 Å². The summed E-state index contributed by atoms with van der Waals surface area (Å²) >= 11 is 0. The van der Waals surface area contributed by atoms with E-state index in [0.717, 1.165) is 19.5 Å². The van der Waals surface area contributed by atoms with Crippen molar-refractivity contribution in [3.05, 3.63) is 0 Å². The van der Waals surface area contributed by atoms with Crippen LogP contribution in [0.2, 0.25) is 0 Å². The molecular formula is C14H30N2O2. The van der Waals surface area contributed by atoms with Crippen LogP contribution >= 0.6 is 0 Å². The first-order valence-corrected chi connectivity index (χ1v) is 6.96. The molecule has 0 radical (unpaired) electrons. The summed E-state index contributed by atoms with van der Waals surface area (Å²) in [5.41, 5.74) is 5.86. The highest BCUT2D eigenvalue weighted by Gasteiger charge is 2.24. The molecule has 0 aliphatic rings. The Morgan fingerprint density at radius 3 is 2.44 bits per heavy atom. The van der Waals surface area contributed by atoms with E-state index in [2.05, 4.69) is 32.6 Å². The van der Waals surface area contributed by atoms with E-state index < -0.39 is 0 Å². The van der Waals surface area contributed by atoms with Crippen LogP contribution in [0.5, 0.6) is 0 Å². The van der Waals surface area contributed by atoms with Gasteiger partial charge in [0.15, 0.2) is 0 Å².